The van der Waals surface area contributed by atoms with Crippen molar-refractivity contribution < 1.29 is 4.79 Å². The number of halogens is 1. The van der Waals surface area contributed by atoms with E-state index in [1.807, 2.05) is 24.3 Å². The van der Waals surface area contributed by atoms with Crippen molar-refractivity contribution >= 4 is 17.5 Å². The highest BCUT2D eigenvalue weighted by Gasteiger charge is 2.43. The zero-order chi connectivity index (χ0) is 15.6. The van der Waals surface area contributed by atoms with E-state index in [0.717, 1.165) is 62.0 Å². The second-order valence-corrected chi connectivity index (χ2v) is 7.32. The van der Waals surface area contributed by atoms with Gasteiger partial charge in [-0.05, 0) is 56.2 Å². The van der Waals surface area contributed by atoms with Gasteiger partial charge in [0.1, 0.15) is 0 Å². The summed E-state index contributed by atoms with van der Waals surface area (Å²) in [6, 6.07) is 8.42. The van der Waals surface area contributed by atoms with Crippen LogP contribution >= 0.6 is 11.6 Å². The Bertz CT molecular complexity index is 514. The molecule has 120 valence electrons. The van der Waals surface area contributed by atoms with Crippen LogP contribution in [-0.2, 0) is 10.2 Å². The SMILES string of the molecule is NC1CCC(NC(=O)C2(c3ccc(Cl)cc3)CCCC2)CC1. The maximum absolute atomic E-state index is 13.0. The molecule has 1 aromatic carbocycles. The molecule has 0 radical (unpaired) electrons. The van der Waals surface area contributed by atoms with E-state index in [0.29, 0.717) is 6.04 Å². The van der Waals surface area contributed by atoms with Gasteiger partial charge in [0.25, 0.3) is 0 Å². The number of hydrogen-bond donors (Lipinski definition) is 2. The molecule has 3 rings (SSSR count). The Hall–Kier alpha value is -1.06. The summed E-state index contributed by atoms with van der Waals surface area (Å²) in [5, 5.41) is 4.03. The van der Waals surface area contributed by atoms with E-state index in [1.54, 1.807) is 0 Å². The summed E-state index contributed by atoms with van der Waals surface area (Å²) in [5.41, 5.74) is 6.71. The lowest BCUT2D eigenvalue weighted by Crippen LogP contribution is -2.48. The van der Waals surface area contributed by atoms with Crippen LogP contribution in [-0.4, -0.2) is 18.0 Å². The summed E-state index contributed by atoms with van der Waals surface area (Å²) in [4.78, 5) is 13.0. The van der Waals surface area contributed by atoms with Crippen molar-refractivity contribution in [3.8, 4) is 0 Å². The van der Waals surface area contributed by atoms with E-state index >= 15 is 0 Å². The smallest absolute Gasteiger partial charge is 0.230 e. The number of amides is 1. The lowest BCUT2D eigenvalue weighted by atomic mass is 9.77. The van der Waals surface area contributed by atoms with Crippen LogP contribution < -0.4 is 11.1 Å². The molecule has 1 amide bonds. The number of hydrogen-bond acceptors (Lipinski definition) is 2. The van der Waals surface area contributed by atoms with Crippen LogP contribution in [0.4, 0.5) is 0 Å². The van der Waals surface area contributed by atoms with Gasteiger partial charge in [0, 0.05) is 17.1 Å². The fourth-order valence-electron chi connectivity index (χ4n) is 3.98. The molecule has 2 saturated carbocycles. The molecule has 4 heteroatoms. The highest BCUT2D eigenvalue weighted by Crippen LogP contribution is 2.42. The summed E-state index contributed by atoms with van der Waals surface area (Å²) < 4.78 is 0. The summed E-state index contributed by atoms with van der Waals surface area (Å²) >= 11 is 6.00. The molecule has 2 fully saturated rings. The molecule has 0 saturated heterocycles. The predicted molar refractivity (Wildman–Crippen MR) is 90.0 cm³/mol. The third kappa shape index (κ3) is 3.16. The highest BCUT2D eigenvalue weighted by molar-refractivity contribution is 6.30. The number of nitrogens with two attached hydrogens (primary N) is 1. The first-order valence-electron chi connectivity index (χ1n) is 8.43. The van der Waals surface area contributed by atoms with Crippen LogP contribution in [0.5, 0.6) is 0 Å². The molecule has 0 atom stereocenters. The molecule has 3 N–H and O–H groups in total. The van der Waals surface area contributed by atoms with Crippen LogP contribution in [0.2, 0.25) is 5.02 Å². The second-order valence-electron chi connectivity index (χ2n) is 6.88. The van der Waals surface area contributed by atoms with Gasteiger partial charge in [-0.25, -0.2) is 0 Å². The Kier molecular flexibility index (Phi) is 4.74. The van der Waals surface area contributed by atoms with Crippen molar-refractivity contribution in [2.24, 2.45) is 5.73 Å². The lowest BCUT2D eigenvalue weighted by molar-refractivity contribution is -0.127. The first-order chi connectivity index (χ1) is 10.6. The minimum Gasteiger partial charge on any atom is -0.353 e. The Morgan fingerprint density at radius 2 is 1.68 bits per heavy atom. The van der Waals surface area contributed by atoms with Gasteiger partial charge in [-0.15, -0.1) is 0 Å². The maximum Gasteiger partial charge on any atom is 0.230 e. The van der Waals surface area contributed by atoms with E-state index in [1.165, 1.54) is 0 Å². The number of benzene rings is 1. The normalized spacial score (nSPS) is 27.5. The van der Waals surface area contributed by atoms with Gasteiger partial charge in [-0.1, -0.05) is 36.6 Å². The molecular formula is C18H25ClN2O. The van der Waals surface area contributed by atoms with Crippen molar-refractivity contribution in [2.45, 2.75) is 68.9 Å². The average molecular weight is 321 g/mol. The van der Waals surface area contributed by atoms with Crippen LogP contribution in [0.3, 0.4) is 0 Å². The molecule has 3 nitrogen and oxygen atoms in total. The molecule has 0 aromatic heterocycles. The van der Waals surface area contributed by atoms with Crippen LogP contribution in [0.15, 0.2) is 24.3 Å². The predicted octanol–water partition coefficient (Wildman–Crippen LogP) is 3.54. The van der Waals surface area contributed by atoms with Crippen LogP contribution in [0.25, 0.3) is 0 Å². The molecular weight excluding hydrogens is 296 g/mol. The van der Waals surface area contributed by atoms with Crippen molar-refractivity contribution in [3.63, 3.8) is 0 Å². The largest absolute Gasteiger partial charge is 0.353 e. The van der Waals surface area contributed by atoms with Gasteiger partial charge in [0.05, 0.1) is 5.41 Å². The quantitative estimate of drug-likeness (QED) is 0.895. The molecule has 1 aromatic rings. The number of carbonyl (C=O) groups excluding carboxylic acids is 1. The molecule has 2 aliphatic carbocycles. The van der Waals surface area contributed by atoms with E-state index in [9.17, 15) is 4.79 Å². The summed E-state index contributed by atoms with van der Waals surface area (Å²) in [6.07, 6.45) is 8.14. The van der Waals surface area contributed by atoms with Crippen LogP contribution in [0, 0.1) is 0 Å². The van der Waals surface area contributed by atoms with Gasteiger partial charge in [-0.2, -0.15) is 0 Å². The van der Waals surface area contributed by atoms with E-state index in [2.05, 4.69) is 5.32 Å². The van der Waals surface area contributed by atoms with Gasteiger partial charge >= 0.3 is 0 Å². The minimum atomic E-state index is -0.357. The summed E-state index contributed by atoms with van der Waals surface area (Å²) in [6.45, 7) is 0. The standard InChI is InChI=1S/C18H25ClN2O/c19-14-5-3-13(4-6-14)18(11-1-2-12-18)17(22)21-16-9-7-15(20)8-10-16/h3-6,15-16H,1-2,7-12,20H2,(H,21,22). The first-order valence-corrected chi connectivity index (χ1v) is 8.80. The van der Waals surface area contributed by atoms with Gasteiger partial charge in [-0.3, -0.25) is 4.79 Å². The maximum atomic E-state index is 13.0. The lowest BCUT2D eigenvalue weighted by Gasteiger charge is -2.33. The number of rotatable bonds is 3. The zero-order valence-corrected chi connectivity index (χ0v) is 13.7. The van der Waals surface area contributed by atoms with E-state index < -0.39 is 0 Å². The molecule has 0 unspecified atom stereocenters. The van der Waals surface area contributed by atoms with E-state index in [-0.39, 0.29) is 17.4 Å². The van der Waals surface area contributed by atoms with E-state index in [4.69, 9.17) is 17.3 Å². The van der Waals surface area contributed by atoms with Crippen LogP contribution in [0.1, 0.15) is 56.9 Å². The molecule has 22 heavy (non-hydrogen) atoms. The molecule has 0 aliphatic heterocycles. The van der Waals surface area contributed by atoms with Crippen molar-refractivity contribution in [1.82, 2.24) is 5.32 Å². The topological polar surface area (TPSA) is 55.1 Å². The van der Waals surface area contributed by atoms with Crippen molar-refractivity contribution in [2.75, 3.05) is 0 Å². The molecule has 2 aliphatic rings. The van der Waals surface area contributed by atoms with Crippen molar-refractivity contribution in [3.05, 3.63) is 34.9 Å². The molecule has 0 heterocycles. The Morgan fingerprint density at radius 3 is 2.27 bits per heavy atom. The van der Waals surface area contributed by atoms with Gasteiger partial charge < -0.3 is 11.1 Å². The van der Waals surface area contributed by atoms with Crippen molar-refractivity contribution in [1.29, 1.82) is 0 Å². The fraction of sp³-hybridized carbons (Fsp3) is 0.611. The van der Waals surface area contributed by atoms with Gasteiger partial charge in [0.2, 0.25) is 5.91 Å². The highest BCUT2D eigenvalue weighted by atomic mass is 35.5. The summed E-state index contributed by atoms with van der Waals surface area (Å²) in [5.74, 6) is 0.202. The third-order valence-corrected chi connectivity index (χ3v) is 5.65. The Labute approximate surface area is 137 Å². The monoisotopic (exact) mass is 320 g/mol. The minimum absolute atomic E-state index is 0.202. The molecule has 0 bridgehead atoms. The first kappa shape index (κ1) is 15.8. The zero-order valence-electron chi connectivity index (χ0n) is 13.0. The number of carbonyl (C=O) groups is 1. The third-order valence-electron chi connectivity index (χ3n) is 5.40. The van der Waals surface area contributed by atoms with Gasteiger partial charge in [0.15, 0.2) is 0 Å². The Morgan fingerprint density at radius 1 is 1.09 bits per heavy atom. The molecule has 0 spiro atoms. The Balaban J connectivity index is 1.75. The fourth-order valence-corrected chi connectivity index (χ4v) is 4.11. The average Bonchev–Trinajstić information content (AvgIpc) is 3.01. The second kappa shape index (κ2) is 6.59. The summed E-state index contributed by atoms with van der Waals surface area (Å²) in [7, 11) is 0. The number of nitrogens with one attached hydrogen (secondary N) is 1.